The Morgan fingerprint density at radius 1 is 1.33 bits per heavy atom. The van der Waals surface area contributed by atoms with Gasteiger partial charge in [0.05, 0.1) is 25.4 Å². The molecule has 3 heterocycles. The average Bonchev–Trinajstić information content (AvgIpc) is 2.37. The first-order valence-electron chi connectivity index (χ1n) is 7.37. The van der Waals surface area contributed by atoms with E-state index in [9.17, 15) is 8.42 Å². The molecule has 2 bridgehead atoms. The molecule has 18 heavy (non-hydrogen) atoms. The molecule has 0 amide bonds. The van der Waals surface area contributed by atoms with E-state index in [1.165, 1.54) is 32.4 Å². The van der Waals surface area contributed by atoms with Crippen LogP contribution in [0.3, 0.4) is 0 Å². The van der Waals surface area contributed by atoms with Crippen molar-refractivity contribution in [2.24, 2.45) is 11.8 Å². The van der Waals surface area contributed by atoms with Gasteiger partial charge in [0.15, 0.2) is 0 Å². The van der Waals surface area contributed by atoms with E-state index in [-0.39, 0.29) is 5.75 Å². The summed E-state index contributed by atoms with van der Waals surface area (Å²) in [5, 5.41) is 0. The highest BCUT2D eigenvalue weighted by Crippen LogP contribution is 2.28. The molecule has 3 saturated heterocycles. The van der Waals surface area contributed by atoms with Crippen molar-refractivity contribution >= 4 is 10.0 Å². The number of sulfonamides is 1. The topological polar surface area (TPSA) is 50.6 Å². The van der Waals surface area contributed by atoms with Gasteiger partial charge in [0, 0.05) is 18.8 Å². The van der Waals surface area contributed by atoms with Crippen molar-refractivity contribution in [3.05, 3.63) is 0 Å². The van der Waals surface area contributed by atoms with Crippen LogP contribution in [0.15, 0.2) is 0 Å². The number of hydrogen-bond acceptors (Lipinski definition) is 2. The molecule has 5 heteroatoms. The summed E-state index contributed by atoms with van der Waals surface area (Å²) in [5.41, 5.74) is 0. The first kappa shape index (κ1) is 14.3. The van der Waals surface area contributed by atoms with E-state index < -0.39 is 10.0 Å². The van der Waals surface area contributed by atoms with Crippen molar-refractivity contribution in [2.45, 2.75) is 45.6 Å². The minimum absolute atomic E-state index is 0.260. The van der Waals surface area contributed by atoms with E-state index in [1.54, 1.807) is 4.90 Å². The Labute approximate surface area is 111 Å². The maximum absolute atomic E-state index is 11.7. The Balaban J connectivity index is 1.86. The van der Waals surface area contributed by atoms with Crippen LogP contribution in [-0.4, -0.2) is 39.8 Å². The summed E-state index contributed by atoms with van der Waals surface area (Å²) >= 11 is 0. The van der Waals surface area contributed by atoms with Gasteiger partial charge in [0.1, 0.15) is 6.04 Å². The third-order valence-electron chi connectivity index (χ3n) is 4.74. The van der Waals surface area contributed by atoms with Crippen molar-refractivity contribution in [3.8, 4) is 0 Å². The van der Waals surface area contributed by atoms with Gasteiger partial charge < -0.3 is 4.90 Å². The fourth-order valence-corrected chi connectivity index (χ4v) is 4.84. The molecule has 0 saturated carbocycles. The SMILES string of the molecule is CCCS(=O)(=O)NC[C@H]1C[C@H]2CC[NH+]1C[C@@H]2CC. The Bertz CT molecular complexity index is 369. The zero-order valence-corrected chi connectivity index (χ0v) is 12.4. The number of quaternary nitrogens is 1. The van der Waals surface area contributed by atoms with Gasteiger partial charge in [0.25, 0.3) is 0 Å². The van der Waals surface area contributed by atoms with Crippen molar-refractivity contribution in [3.63, 3.8) is 0 Å². The van der Waals surface area contributed by atoms with Gasteiger partial charge in [-0.15, -0.1) is 0 Å². The first-order chi connectivity index (χ1) is 8.55. The lowest BCUT2D eigenvalue weighted by Crippen LogP contribution is -3.20. The van der Waals surface area contributed by atoms with Crippen molar-refractivity contribution < 1.29 is 13.3 Å². The fraction of sp³-hybridized carbons (Fsp3) is 1.00. The fourth-order valence-electron chi connectivity index (χ4n) is 3.70. The maximum Gasteiger partial charge on any atom is 0.211 e. The Morgan fingerprint density at radius 3 is 2.67 bits per heavy atom. The van der Waals surface area contributed by atoms with E-state index in [4.69, 9.17) is 0 Å². The summed E-state index contributed by atoms with van der Waals surface area (Å²) in [7, 11) is -3.03. The Morgan fingerprint density at radius 2 is 2.11 bits per heavy atom. The zero-order chi connectivity index (χ0) is 13.2. The summed E-state index contributed by atoms with van der Waals surface area (Å²) < 4.78 is 26.2. The molecule has 0 aromatic carbocycles. The first-order valence-corrected chi connectivity index (χ1v) is 9.02. The highest BCUT2D eigenvalue weighted by molar-refractivity contribution is 7.89. The predicted octanol–water partition coefficient (Wildman–Crippen LogP) is 0.0191. The number of hydrogen-bond donors (Lipinski definition) is 2. The second kappa shape index (κ2) is 5.88. The monoisotopic (exact) mass is 275 g/mol. The molecule has 3 aliphatic rings. The van der Waals surface area contributed by atoms with Crippen LogP contribution in [-0.2, 0) is 10.0 Å². The normalized spacial score (nSPS) is 35.9. The molecule has 4 nitrogen and oxygen atoms in total. The molecular weight excluding hydrogens is 248 g/mol. The Kier molecular flexibility index (Phi) is 4.67. The second-order valence-corrected chi connectivity index (χ2v) is 7.86. The third-order valence-corrected chi connectivity index (χ3v) is 6.29. The Hall–Kier alpha value is -0.130. The molecule has 3 aliphatic heterocycles. The predicted molar refractivity (Wildman–Crippen MR) is 73.1 cm³/mol. The summed E-state index contributed by atoms with van der Waals surface area (Å²) in [5.74, 6) is 1.97. The van der Waals surface area contributed by atoms with E-state index in [0.717, 1.165) is 11.8 Å². The molecule has 3 fully saturated rings. The number of piperidine rings is 3. The molecule has 4 atom stereocenters. The lowest BCUT2D eigenvalue weighted by Gasteiger charge is -2.46. The molecule has 0 aromatic rings. The summed E-state index contributed by atoms with van der Waals surface area (Å²) in [6.45, 7) is 7.32. The molecular formula is C13H27N2O2S+. The van der Waals surface area contributed by atoms with Gasteiger partial charge in [-0.2, -0.15) is 0 Å². The third kappa shape index (κ3) is 3.25. The van der Waals surface area contributed by atoms with Crippen LogP contribution < -0.4 is 9.62 Å². The van der Waals surface area contributed by atoms with Gasteiger partial charge in [-0.25, -0.2) is 13.1 Å². The molecule has 106 valence electrons. The lowest BCUT2D eigenvalue weighted by molar-refractivity contribution is -0.945. The minimum atomic E-state index is -3.03. The summed E-state index contributed by atoms with van der Waals surface area (Å²) in [6.07, 6.45) is 4.52. The molecule has 1 unspecified atom stereocenters. The van der Waals surface area contributed by atoms with Crippen molar-refractivity contribution in [1.29, 1.82) is 0 Å². The number of fused-ring (bicyclic) bond motifs is 3. The largest absolute Gasteiger partial charge is 0.331 e. The van der Waals surface area contributed by atoms with Crippen LogP contribution in [0.1, 0.15) is 39.5 Å². The van der Waals surface area contributed by atoms with Crippen LogP contribution in [0.25, 0.3) is 0 Å². The van der Waals surface area contributed by atoms with E-state index in [2.05, 4.69) is 11.6 Å². The number of rotatable bonds is 6. The smallest absolute Gasteiger partial charge is 0.211 e. The molecule has 0 radical (unpaired) electrons. The second-order valence-electron chi connectivity index (χ2n) is 5.93. The van der Waals surface area contributed by atoms with Gasteiger partial charge in [-0.05, 0) is 18.8 Å². The summed E-state index contributed by atoms with van der Waals surface area (Å²) in [6, 6.07) is 0.512. The van der Waals surface area contributed by atoms with Crippen LogP contribution in [0, 0.1) is 11.8 Å². The minimum Gasteiger partial charge on any atom is -0.331 e. The molecule has 0 aromatic heterocycles. The van der Waals surface area contributed by atoms with Crippen molar-refractivity contribution in [1.82, 2.24) is 4.72 Å². The van der Waals surface area contributed by atoms with Crippen molar-refractivity contribution in [2.75, 3.05) is 25.4 Å². The summed E-state index contributed by atoms with van der Waals surface area (Å²) in [4.78, 5) is 1.63. The van der Waals surface area contributed by atoms with Gasteiger partial charge >= 0.3 is 0 Å². The standard InChI is InChI=1S/C13H26N2O2S/c1-3-7-18(16,17)14-9-13-8-12-5-6-15(13)10-11(12)4-2/h11-14H,3-10H2,1-2H3/p+1/t11-,12+,13+/m0/s1. The zero-order valence-electron chi connectivity index (χ0n) is 11.6. The molecule has 3 rings (SSSR count). The highest BCUT2D eigenvalue weighted by atomic mass is 32.2. The van der Waals surface area contributed by atoms with E-state index in [1.807, 2.05) is 6.92 Å². The number of nitrogens with one attached hydrogen (secondary N) is 2. The van der Waals surface area contributed by atoms with Crippen LogP contribution >= 0.6 is 0 Å². The molecule has 0 aliphatic carbocycles. The van der Waals surface area contributed by atoms with E-state index >= 15 is 0 Å². The van der Waals surface area contributed by atoms with Gasteiger partial charge in [0.2, 0.25) is 10.0 Å². The van der Waals surface area contributed by atoms with Crippen LogP contribution in [0.2, 0.25) is 0 Å². The molecule has 0 spiro atoms. The van der Waals surface area contributed by atoms with Crippen LogP contribution in [0.4, 0.5) is 0 Å². The van der Waals surface area contributed by atoms with Crippen LogP contribution in [0.5, 0.6) is 0 Å². The lowest BCUT2D eigenvalue weighted by atomic mass is 9.74. The van der Waals surface area contributed by atoms with E-state index in [0.29, 0.717) is 19.0 Å². The quantitative estimate of drug-likeness (QED) is 0.718. The molecule has 2 N–H and O–H groups in total. The average molecular weight is 275 g/mol. The van der Waals surface area contributed by atoms with Gasteiger partial charge in [-0.1, -0.05) is 13.8 Å². The maximum atomic E-state index is 11.7. The highest BCUT2D eigenvalue weighted by Gasteiger charge is 2.42. The van der Waals surface area contributed by atoms with Gasteiger partial charge in [-0.3, -0.25) is 0 Å².